The highest BCUT2D eigenvalue weighted by molar-refractivity contribution is 5.86. The molecule has 132 valence electrons. The fraction of sp³-hybridized carbons (Fsp3) is 0.263. The third-order valence-corrected chi connectivity index (χ3v) is 3.51. The molecule has 6 heteroatoms. The number of amides is 1. The molecule has 25 heavy (non-hydrogen) atoms. The van der Waals surface area contributed by atoms with Gasteiger partial charge in [0.05, 0.1) is 12.8 Å². The smallest absolute Gasteiger partial charge is 0.262 e. The van der Waals surface area contributed by atoms with Crippen LogP contribution in [-0.4, -0.2) is 29.9 Å². The van der Waals surface area contributed by atoms with Crippen molar-refractivity contribution in [2.45, 2.75) is 26.3 Å². The highest BCUT2D eigenvalue weighted by Gasteiger charge is 2.15. The molecule has 0 aromatic heterocycles. The van der Waals surface area contributed by atoms with Crippen LogP contribution in [0.4, 0.5) is 5.69 Å². The van der Waals surface area contributed by atoms with Gasteiger partial charge in [0.1, 0.15) is 17.5 Å². The van der Waals surface area contributed by atoms with Gasteiger partial charge in [0.25, 0.3) is 5.91 Å². The Morgan fingerprint density at radius 3 is 2.44 bits per heavy atom. The summed E-state index contributed by atoms with van der Waals surface area (Å²) < 4.78 is 5.40. The van der Waals surface area contributed by atoms with Crippen LogP contribution in [0.2, 0.25) is 0 Å². The monoisotopic (exact) mass is 341 g/mol. The van der Waals surface area contributed by atoms with E-state index < -0.39 is 6.04 Å². The molecule has 0 aliphatic heterocycles. The van der Waals surface area contributed by atoms with Crippen molar-refractivity contribution in [2.75, 3.05) is 11.9 Å². The Bertz CT molecular complexity index is 697. The van der Waals surface area contributed by atoms with Crippen molar-refractivity contribution >= 4 is 17.8 Å². The number of nitrogens with one attached hydrogen (secondary N) is 2. The first-order valence-corrected chi connectivity index (χ1v) is 8.23. The van der Waals surface area contributed by atoms with Gasteiger partial charge in [-0.25, -0.2) is 5.43 Å². The zero-order valence-corrected chi connectivity index (χ0v) is 14.4. The van der Waals surface area contributed by atoms with Gasteiger partial charge in [-0.2, -0.15) is 5.10 Å². The molecule has 0 aliphatic rings. The molecule has 1 amide bonds. The summed E-state index contributed by atoms with van der Waals surface area (Å²) in [4.78, 5) is 12.2. The molecule has 0 fully saturated rings. The van der Waals surface area contributed by atoms with Crippen LogP contribution < -0.4 is 15.5 Å². The van der Waals surface area contributed by atoms with Gasteiger partial charge in [-0.15, -0.1) is 0 Å². The Balaban J connectivity index is 1.90. The Morgan fingerprint density at radius 2 is 1.84 bits per heavy atom. The molecular formula is C19H23N3O3. The van der Waals surface area contributed by atoms with Crippen LogP contribution in [-0.2, 0) is 4.79 Å². The lowest BCUT2D eigenvalue weighted by Gasteiger charge is -2.16. The number of carbonyl (C=O) groups is 1. The molecule has 0 unspecified atom stereocenters. The van der Waals surface area contributed by atoms with Crippen LogP contribution >= 0.6 is 0 Å². The summed E-state index contributed by atoms with van der Waals surface area (Å²) in [6, 6.07) is 13.6. The van der Waals surface area contributed by atoms with Crippen LogP contribution in [0.15, 0.2) is 53.6 Å². The highest BCUT2D eigenvalue weighted by Crippen LogP contribution is 2.17. The number of anilines is 1. The molecule has 0 spiro atoms. The summed E-state index contributed by atoms with van der Waals surface area (Å²) in [7, 11) is 0. The van der Waals surface area contributed by atoms with Gasteiger partial charge >= 0.3 is 0 Å². The van der Waals surface area contributed by atoms with Crippen LogP contribution in [0.25, 0.3) is 0 Å². The molecule has 1 atom stereocenters. The van der Waals surface area contributed by atoms with Crippen molar-refractivity contribution in [2.24, 2.45) is 5.10 Å². The van der Waals surface area contributed by atoms with Gasteiger partial charge < -0.3 is 15.2 Å². The highest BCUT2D eigenvalue weighted by atomic mass is 16.5. The SMILES string of the molecule is CCOc1ccc(N[C@H](CC)C(=O)N/N=C/c2ccc(O)cc2)cc1. The van der Waals surface area contributed by atoms with E-state index in [4.69, 9.17) is 4.74 Å². The van der Waals surface area contributed by atoms with Crippen LogP contribution in [0.1, 0.15) is 25.8 Å². The van der Waals surface area contributed by atoms with E-state index in [1.54, 1.807) is 24.3 Å². The Morgan fingerprint density at radius 1 is 1.16 bits per heavy atom. The Hall–Kier alpha value is -3.02. The first kappa shape index (κ1) is 18.3. The number of ether oxygens (including phenoxy) is 1. The van der Waals surface area contributed by atoms with Crippen molar-refractivity contribution < 1.29 is 14.6 Å². The van der Waals surface area contributed by atoms with Crippen LogP contribution in [0.5, 0.6) is 11.5 Å². The van der Waals surface area contributed by atoms with Gasteiger partial charge in [-0.1, -0.05) is 6.92 Å². The summed E-state index contributed by atoms with van der Waals surface area (Å²) >= 11 is 0. The topological polar surface area (TPSA) is 83.0 Å². The number of aromatic hydroxyl groups is 1. The van der Waals surface area contributed by atoms with Gasteiger partial charge in [-0.05, 0) is 67.4 Å². The molecule has 2 aromatic rings. The van der Waals surface area contributed by atoms with E-state index in [0.29, 0.717) is 13.0 Å². The molecule has 0 saturated carbocycles. The average Bonchev–Trinajstić information content (AvgIpc) is 2.63. The minimum atomic E-state index is -0.394. The third-order valence-electron chi connectivity index (χ3n) is 3.51. The van der Waals surface area contributed by atoms with Crippen molar-refractivity contribution in [1.29, 1.82) is 0 Å². The zero-order valence-electron chi connectivity index (χ0n) is 14.4. The number of benzene rings is 2. The maximum atomic E-state index is 12.2. The van der Waals surface area contributed by atoms with Crippen molar-refractivity contribution in [1.82, 2.24) is 5.43 Å². The second-order valence-corrected chi connectivity index (χ2v) is 5.39. The summed E-state index contributed by atoms with van der Waals surface area (Å²) in [6.45, 7) is 4.48. The maximum Gasteiger partial charge on any atom is 0.262 e. The molecule has 3 N–H and O–H groups in total. The van der Waals surface area contributed by atoms with Crippen LogP contribution in [0, 0.1) is 0 Å². The number of carbonyl (C=O) groups excluding carboxylic acids is 1. The first-order valence-electron chi connectivity index (χ1n) is 8.23. The average molecular weight is 341 g/mol. The summed E-state index contributed by atoms with van der Waals surface area (Å²) in [5.41, 5.74) is 4.15. The predicted molar refractivity (Wildman–Crippen MR) is 99.2 cm³/mol. The number of phenols is 1. The molecule has 0 aliphatic carbocycles. The molecular weight excluding hydrogens is 318 g/mol. The second kappa shape index (κ2) is 9.32. The fourth-order valence-electron chi connectivity index (χ4n) is 2.18. The van der Waals surface area contributed by atoms with Crippen molar-refractivity contribution in [3.05, 3.63) is 54.1 Å². The number of phenolic OH excluding ortho intramolecular Hbond substituents is 1. The van der Waals surface area contributed by atoms with Crippen molar-refractivity contribution in [3.8, 4) is 11.5 Å². The minimum Gasteiger partial charge on any atom is -0.508 e. The fourth-order valence-corrected chi connectivity index (χ4v) is 2.18. The van der Waals surface area contributed by atoms with E-state index in [2.05, 4.69) is 15.8 Å². The predicted octanol–water partition coefficient (Wildman–Crippen LogP) is 3.13. The Kier molecular flexibility index (Phi) is 6.83. The van der Waals surface area contributed by atoms with Gasteiger partial charge in [0, 0.05) is 5.69 Å². The number of hydrogen-bond donors (Lipinski definition) is 3. The molecule has 0 radical (unpaired) electrons. The van der Waals surface area contributed by atoms with Crippen LogP contribution in [0.3, 0.4) is 0 Å². The molecule has 6 nitrogen and oxygen atoms in total. The van der Waals surface area contributed by atoms with Gasteiger partial charge in [0.15, 0.2) is 0 Å². The van der Waals surface area contributed by atoms with Crippen molar-refractivity contribution in [3.63, 3.8) is 0 Å². The first-order chi connectivity index (χ1) is 12.1. The van der Waals surface area contributed by atoms with E-state index in [9.17, 15) is 9.90 Å². The molecule has 2 aromatic carbocycles. The Labute approximate surface area is 147 Å². The standard InChI is InChI=1S/C19H23N3O3/c1-3-18(21-15-7-11-17(12-8-15)25-4-2)19(24)22-20-13-14-5-9-16(23)10-6-14/h5-13,18,21,23H,3-4H2,1-2H3,(H,22,24)/b20-13+/t18-/m1/s1. The number of hydrazone groups is 1. The maximum absolute atomic E-state index is 12.2. The third kappa shape index (κ3) is 5.84. The summed E-state index contributed by atoms with van der Waals surface area (Å²) in [5.74, 6) is 0.766. The number of nitrogens with zero attached hydrogens (tertiary/aromatic N) is 1. The molecule has 0 heterocycles. The summed E-state index contributed by atoms with van der Waals surface area (Å²) in [6.07, 6.45) is 2.15. The van der Waals surface area contributed by atoms with E-state index in [1.807, 2.05) is 38.1 Å². The van der Waals surface area contributed by atoms with E-state index in [1.165, 1.54) is 6.21 Å². The molecule has 0 saturated heterocycles. The largest absolute Gasteiger partial charge is 0.508 e. The normalized spacial score (nSPS) is 11.9. The van der Waals surface area contributed by atoms with Gasteiger partial charge in [0.2, 0.25) is 0 Å². The quantitative estimate of drug-likeness (QED) is 0.509. The lowest BCUT2D eigenvalue weighted by molar-refractivity contribution is -0.121. The lowest BCUT2D eigenvalue weighted by Crippen LogP contribution is -2.36. The zero-order chi connectivity index (χ0) is 18.1. The molecule has 0 bridgehead atoms. The minimum absolute atomic E-state index is 0.187. The van der Waals surface area contributed by atoms with E-state index in [0.717, 1.165) is 17.0 Å². The van der Waals surface area contributed by atoms with Gasteiger partial charge in [-0.3, -0.25) is 4.79 Å². The lowest BCUT2D eigenvalue weighted by atomic mass is 10.2. The second-order valence-electron chi connectivity index (χ2n) is 5.39. The van der Waals surface area contributed by atoms with E-state index >= 15 is 0 Å². The molecule has 2 rings (SSSR count). The number of rotatable bonds is 8. The summed E-state index contributed by atoms with van der Waals surface area (Å²) in [5, 5.41) is 16.4. The number of hydrogen-bond acceptors (Lipinski definition) is 5. The van der Waals surface area contributed by atoms with E-state index in [-0.39, 0.29) is 11.7 Å².